The standard InChI is InChI=1S/C16H23N7O3/c1-22-14(19-20-16(22)26)9-5-10(12(24)6-9)8-17-15(25)18-13-7-11-3-2-4-23(11)21-13/h7,9-10,12,24H,2-6,8H2,1H3,(H,20,26)(H2,17,18,21,25)/t9-,10+,12+/m0/s1. The first kappa shape index (κ1) is 16.8. The predicted molar refractivity (Wildman–Crippen MR) is 92.9 cm³/mol. The van der Waals surface area contributed by atoms with Crippen LogP contribution in [-0.2, 0) is 20.0 Å². The number of hydrogen-bond acceptors (Lipinski definition) is 5. The molecule has 1 fully saturated rings. The van der Waals surface area contributed by atoms with Crippen molar-refractivity contribution < 1.29 is 9.90 Å². The maximum atomic E-state index is 12.1. The van der Waals surface area contributed by atoms with Crippen LogP contribution in [0.25, 0.3) is 0 Å². The molecule has 2 aromatic heterocycles. The van der Waals surface area contributed by atoms with Crippen LogP contribution in [0.4, 0.5) is 10.6 Å². The van der Waals surface area contributed by atoms with Crippen molar-refractivity contribution in [3.63, 3.8) is 0 Å². The highest BCUT2D eigenvalue weighted by molar-refractivity contribution is 5.88. The quantitative estimate of drug-likeness (QED) is 0.605. The van der Waals surface area contributed by atoms with Crippen molar-refractivity contribution >= 4 is 11.8 Å². The number of carbonyl (C=O) groups is 1. The molecule has 0 aromatic carbocycles. The molecule has 1 aliphatic heterocycles. The predicted octanol–water partition coefficient (Wildman–Crippen LogP) is -0.0727. The van der Waals surface area contributed by atoms with E-state index in [1.807, 2.05) is 10.7 Å². The zero-order valence-corrected chi connectivity index (χ0v) is 14.6. The minimum atomic E-state index is -0.538. The van der Waals surface area contributed by atoms with Gasteiger partial charge in [-0.05, 0) is 25.7 Å². The number of fused-ring (bicyclic) bond motifs is 1. The molecule has 10 heteroatoms. The number of rotatable bonds is 4. The third kappa shape index (κ3) is 3.12. The third-order valence-electron chi connectivity index (χ3n) is 5.37. The summed E-state index contributed by atoms with van der Waals surface area (Å²) in [6.45, 7) is 1.25. The summed E-state index contributed by atoms with van der Waals surface area (Å²) in [5.74, 6) is 1.12. The van der Waals surface area contributed by atoms with Crippen molar-refractivity contribution in [2.45, 2.75) is 44.2 Å². The highest BCUT2D eigenvalue weighted by Gasteiger charge is 2.36. The van der Waals surface area contributed by atoms with Gasteiger partial charge in [0.25, 0.3) is 0 Å². The minimum absolute atomic E-state index is 0.0000681. The summed E-state index contributed by atoms with van der Waals surface area (Å²) in [6.07, 6.45) is 2.74. The fourth-order valence-electron chi connectivity index (χ4n) is 3.96. The van der Waals surface area contributed by atoms with Gasteiger partial charge in [0, 0.05) is 43.7 Å². The van der Waals surface area contributed by atoms with E-state index in [9.17, 15) is 14.7 Å². The van der Waals surface area contributed by atoms with Gasteiger partial charge >= 0.3 is 11.7 Å². The first-order valence-electron chi connectivity index (χ1n) is 8.92. The number of aryl methyl sites for hydroxylation is 2. The van der Waals surface area contributed by atoms with E-state index in [0.717, 1.165) is 25.1 Å². The van der Waals surface area contributed by atoms with Gasteiger partial charge in [-0.15, -0.1) is 0 Å². The topological polar surface area (TPSA) is 130 Å². The van der Waals surface area contributed by atoms with Crippen LogP contribution in [0.3, 0.4) is 0 Å². The summed E-state index contributed by atoms with van der Waals surface area (Å²) in [4.78, 5) is 23.6. The van der Waals surface area contributed by atoms with Crippen molar-refractivity contribution in [1.29, 1.82) is 0 Å². The lowest BCUT2D eigenvalue weighted by molar-refractivity contribution is 0.132. The Bertz CT molecular complexity index is 846. The Hall–Kier alpha value is -2.62. The first-order chi connectivity index (χ1) is 12.5. The van der Waals surface area contributed by atoms with E-state index in [4.69, 9.17) is 0 Å². The van der Waals surface area contributed by atoms with Crippen LogP contribution in [0.2, 0.25) is 0 Å². The molecule has 4 rings (SSSR count). The smallest absolute Gasteiger partial charge is 0.343 e. The lowest BCUT2D eigenvalue weighted by Gasteiger charge is -2.15. The summed E-state index contributed by atoms with van der Waals surface area (Å²) in [5, 5.41) is 26.6. The summed E-state index contributed by atoms with van der Waals surface area (Å²) < 4.78 is 3.38. The normalized spacial score (nSPS) is 24.6. The van der Waals surface area contributed by atoms with Crippen molar-refractivity contribution in [2.75, 3.05) is 11.9 Å². The Balaban J connectivity index is 1.30. The number of nitrogens with one attached hydrogen (secondary N) is 3. The number of aromatic amines is 1. The zero-order valence-electron chi connectivity index (χ0n) is 14.6. The fourth-order valence-corrected chi connectivity index (χ4v) is 3.96. The summed E-state index contributed by atoms with van der Waals surface area (Å²) in [6, 6.07) is 1.56. The zero-order chi connectivity index (χ0) is 18.3. The number of carbonyl (C=O) groups excluding carboxylic acids is 1. The van der Waals surface area contributed by atoms with E-state index < -0.39 is 6.10 Å². The number of aromatic nitrogens is 5. The van der Waals surface area contributed by atoms with Crippen molar-refractivity contribution in [3.8, 4) is 0 Å². The average Bonchev–Trinajstić information content (AvgIpc) is 3.32. The number of aliphatic hydroxyl groups excluding tert-OH is 1. The van der Waals surface area contributed by atoms with E-state index in [1.54, 1.807) is 7.05 Å². The van der Waals surface area contributed by atoms with Gasteiger partial charge in [-0.3, -0.25) is 14.6 Å². The number of anilines is 1. The molecule has 0 saturated heterocycles. The second kappa shape index (κ2) is 6.60. The number of amides is 2. The SMILES string of the molecule is Cn1c([C@H]2C[C@H](CNC(=O)Nc3cc4n(n3)CCC4)[C@H](O)C2)n[nH]c1=O. The van der Waals surface area contributed by atoms with Crippen molar-refractivity contribution in [1.82, 2.24) is 29.9 Å². The van der Waals surface area contributed by atoms with E-state index in [0.29, 0.717) is 31.0 Å². The molecule has 4 N–H and O–H groups in total. The Morgan fingerprint density at radius 1 is 1.46 bits per heavy atom. The van der Waals surface area contributed by atoms with Gasteiger partial charge in [0.2, 0.25) is 0 Å². The molecular formula is C16H23N7O3. The van der Waals surface area contributed by atoms with Crippen LogP contribution in [0.5, 0.6) is 0 Å². The van der Waals surface area contributed by atoms with Gasteiger partial charge < -0.3 is 10.4 Å². The molecule has 3 atom stereocenters. The minimum Gasteiger partial charge on any atom is -0.393 e. The molecule has 2 aliphatic rings. The molecule has 1 saturated carbocycles. The van der Waals surface area contributed by atoms with Crippen LogP contribution in [0.1, 0.15) is 36.7 Å². The van der Waals surface area contributed by atoms with Crippen LogP contribution in [-0.4, -0.2) is 48.3 Å². The molecule has 10 nitrogen and oxygen atoms in total. The van der Waals surface area contributed by atoms with Crippen molar-refractivity contribution in [2.24, 2.45) is 13.0 Å². The Labute approximate surface area is 149 Å². The molecule has 26 heavy (non-hydrogen) atoms. The fraction of sp³-hybridized carbons (Fsp3) is 0.625. The highest BCUT2D eigenvalue weighted by atomic mass is 16.3. The molecule has 2 aromatic rings. The summed E-state index contributed by atoms with van der Waals surface area (Å²) in [5.41, 5.74) is 0.876. The van der Waals surface area contributed by atoms with Gasteiger partial charge in [-0.25, -0.2) is 14.7 Å². The Morgan fingerprint density at radius 2 is 2.31 bits per heavy atom. The number of H-pyrrole nitrogens is 1. The monoisotopic (exact) mass is 361 g/mol. The third-order valence-corrected chi connectivity index (χ3v) is 5.37. The van der Waals surface area contributed by atoms with Crippen LogP contribution in [0.15, 0.2) is 10.9 Å². The largest absolute Gasteiger partial charge is 0.393 e. The second-order valence-electron chi connectivity index (χ2n) is 7.12. The van der Waals surface area contributed by atoms with Crippen molar-refractivity contribution in [3.05, 3.63) is 28.1 Å². The molecule has 0 bridgehead atoms. The number of hydrogen-bond donors (Lipinski definition) is 4. The van der Waals surface area contributed by atoms with E-state index in [1.165, 1.54) is 4.57 Å². The second-order valence-corrected chi connectivity index (χ2v) is 7.12. The molecule has 0 spiro atoms. The Kier molecular flexibility index (Phi) is 4.27. The maximum absolute atomic E-state index is 12.1. The van der Waals surface area contributed by atoms with E-state index >= 15 is 0 Å². The summed E-state index contributed by atoms with van der Waals surface area (Å²) in [7, 11) is 1.66. The van der Waals surface area contributed by atoms with Gasteiger partial charge in [0.1, 0.15) is 5.82 Å². The number of nitrogens with zero attached hydrogens (tertiary/aromatic N) is 4. The summed E-state index contributed by atoms with van der Waals surface area (Å²) >= 11 is 0. The average molecular weight is 361 g/mol. The number of urea groups is 1. The van der Waals surface area contributed by atoms with Gasteiger partial charge in [-0.2, -0.15) is 10.2 Å². The first-order valence-corrected chi connectivity index (χ1v) is 8.92. The molecule has 0 unspecified atom stereocenters. The van der Waals surface area contributed by atoms with E-state index in [-0.39, 0.29) is 23.6 Å². The van der Waals surface area contributed by atoms with Crippen LogP contribution < -0.4 is 16.3 Å². The lowest BCUT2D eigenvalue weighted by Crippen LogP contribution is -2.35. The van der Waals surface area contributed by atoms with Crippen LogP contribution >= 0.6 is 0 Å². The molecular weight excluding hydrogens is 338 g/mol. The highest BCUT2D eigenvalue weighted by Crippen LogP contribution is 2.36. The molecule has 2 amide bonds. The molecule has 3 heterocycles. The van der Waals surface area contributed by atoms with Gasteiger partial charge in [0.15, 0.2) is 5.82 Å². The van der Waals surface area contributed by atoms with Crippen LogP contribution in [0, 0.1) is 5.92 Å². The Morgan fingerprint density at radius 3 is 3.04 bits per heavy atom. The molecule has 0 radical (unpaired) electrons. The van der Waals surface area contributed by atoms with Gasteiger partial charge in [0.05, 0.1) is 6.10 Å². The van der Waals surface area contributed by atoms with E-state index in [2.05, 4.69) is 25.9 Å². The molecule has 1 aliphatic carbocycles. The molecule has 140 valence electrons. The number of aliphatic hydroxyl groups is 1. The maximum Gasteiger partial charge on any atom is 0.343 e. The lowest BCUT2D eigenvalue weighted by atomic mass is 10.0. The van der Waals surface area contributed by atoms with Gasteiger partial charge in [-0.1, -0.05) is 0 Å².